The summed E-state index contributed by atoms with van der Waals surface area (Å²) in [4.78, 5) is 15.0. The van der Waals surface area contributed by atoms with Gasteiger partial charge >= 0.3 is 0 Å². The van der Waals surface area contributed by atoms with Crippen molar-refractivity contribution in [1.29, 1.82) is 0 Å². The van der Waals surface area contributed by atoms with E-state index in [0.29, 0.717) is 6.54 Å². The van der Waals surface area contributed by atoms with E-state index in [1.54, 1.807) is 0 Å². The number of anilines is 1. The Morgan fingerprint density at radius 2 is 2.29 bits per heavy atom. The fourth-order valence-electron chi connectivity index (χ4n) is 1.83. The molecule has 0 bridgehead atoms. The Morgan fingerprint density at radius 3 is 3.00 bits per heavy atom. The molecule has 1 aromatic carbocycles. The van der Waals surface area contributed by atoms with Crippen LogP contribution < -0.4 is 11.1 Å². The lowest BCUT2D eigenvalue weighted by Gasteiger charge is -2.12. The van der Waals surface area contributed by atoms with Crippen LogP contribution in [0, 0.1) is 5.92 Å². The number of nitrogens with two attached hydrogens (primary N) is 1. The maximum Gasteiger partial charge on any atom is 0.228 e. The predicted molar refractivity (Wildman–Crippen MR) is 69.8 cm³/mol. The number of benzene rings is 1. The number of hydrogen-bond donors (Lipinski definition) is 3. The van der Waals surface area contributed by atoms with Crippen molar-refractivity contribution in [1.82, 2.24) is 4.98 Å². The topological polar surface area (TPSA) is 70.9 Å². The molecule has 0 saturated heterocycles. The first-order valence-corrected chi connectivity index (χ1v) is 5.82. The molecule has 0 fully saturated rings. The lowest BCUT2D eigenvalue weighted by atomic mass is 10.1. The van der Waals surface area contributed by atoms with E-state index >= 15 is 0 Å². The Kier molecular flexibility index (Phi) is 3.44. The summed E-state index contributed by atoms with van der Waals surface area (Å²) in [5.41, 5.74) is 7.42. The lowest BCUT2D eigenvalue weighted by Crippen LogP contribution is -2.28. The molecule has 0 saturated carbocycles. The summed E-state index contributed by atoms with van der Waals surface area (Å²) in [5.74, 6) is -0.123. The van der Waals surface area contributed by atoms with Crippen molar-refractivity contribution in [3.8, 4) is 0 Å². The molecule has 1 heterocycles. The second-order valence-electron chi connectivity index (χ2n) is 4.11. The SMILES string of the molecule is CCC(CN)C(=O)Nc1ccc2[nH]ccc2c1. The molecule has 1 unspecified atom stereocenters. The minimum atomic E-state index is -0.114. The van der Waals surface area contributed by atoms with Gasteiger partial charge in [0.1, 0.15) is 0 Å². The van der Waals surface area contributed by atoms with Gasteiger partial charge in [-0.2, -0.15) is 0 Å². The Morgan fingerprint density at radius 1 is 1.47 bits per heavy atom. The Hall–Kier alpha value is -1.81. The highest BCUT2D eigenvalue weighted by Crippen LogP contribution is 2.18. The van der Waals surface area contributed by atoms with Crippen molar-refractivity contribution in [2.24, 2.45) is 11.7 Å². The summed E-state index contributed by atoms with van der Waals surface area (Å²) in [6.07, 6.45) is 2.64. The van der Waals surface area contributed by atoms with Crippen LogP contribution in [0.2, 0.25) is 0 Å². The molecule has 1 amide bonds. The maximum atomic E-state index is 11.9. The summed E-state index contributed by atoms with van der Waals surface area (Å²) in [5, 5.41) is 3.98. The second kappa shape index (κ2) is 5.01. The van der Waals surface area contributed by atoms with Gasteiger partial charge in [0.05, 0.1) is 5.92 Å². The van der Waals surface area contributed by atoms with Crippen LogP contribution >= 0.6 is 0 Å². The van der Waals surface area contributed by atoms with E-state index in [9.17, 15) is 4.79 Å². The molecule has 0 aliphatic rings. The van der Waals surface area contributed by atoms with E-state index in [1.807, 2.05) is 37.4 Å². The molecular formula is C13H17N3O. The molecule has 4 N–H and O–H groups in total. The number of fused-ring (bicyclic) bond motifs is 1. The molecule has 17 heavy (non-hydrogen) atoms. The van der Waals surface area contributed by atoms with E-state index in [2.05, 4.69) is 10.3 Å². The third-order valence-electron chi connectivity index (χ3n) is 2.97. The minimum Gasteiger partial charge on any atom is -0.361 e. The summed E-state index contributed by atoms with van der Waals surface area (Å²) >= 11 is 0. The smallest absolute Gasteiger partial charge is 0.228 e. The normalized spacial score (nSPS) is 12.6. The van der Waals surface area contributed by atoms with Gasteiger partial charge in [-0.3, -0.25) is 4.79 Å². The number of hydrogen-bond acceptors (Lipinski definition) is 2. The first-order valence-electron chi connectivity index (χ1n) is 5.82. The van der Waals surface area contributed by atoms with Gasteiger partial charge in [0.2, 0.25) is 5.91 Å². The first kappa shape index (κ1) is 11.7. The zero-order valence-electron chi connectivity index (χ0n) is 9.86. The van der Waals surface area contributed by atoms with Gasteiger partial charge in [-0.15, -0.1) is 0 Å². The molecule has 0 spiro atoms. The number of carbonyl (C=O) groups excluding carboxylic acids is 1. The van der Waals surface area contributed by atoms with E-state index in [-0.39, 0.29) is 11.8 Å². The molecule has 0 radical (unpaired) electrons. The van der Waals surface area contributed by atoms with Crippen molar-refractivity contribution >= 4 is 22.5 Å². The van der Waals surface area contributed by atoms with Crippen LogP contribution in [0.3, 0.4) is 0 Å². The van der Waals surface area contributed by atoms with Gasteiger partial charge in [0.25, 0.3) is 0 Å². The average molecular weight is 231 g/mol. The van der Waals surface area contributed by atoms with E-state index < -0.39 is 0 Å². The van der Waals surface area contributed by atoms with Gasteiger partial charge in [0.15, 0.2) is 0 Å². The minimum absolute atomic E-state index is 0.00937. The predicted octanol–water partition coefficient (Wildman–Crippen LogP) is 2.09. The van der Waals surface area contributed by atoms with Crippen molar-refractivity contribution in [2.75, 3.05) is 11.9 Å². The van der Waals surface area contributed by atoms with Gasteiger partial charge in [-0.1, -0.05) is 6.92 Å². The molecule has 90 valence electrons. The summed E-state index contributed by atoms with van der Waals surface area (Å²) < 4.78 is 0. The fourth-order valence-corrected chi connectivity index (χ4v) is 1.83. The summed E-state index contributed by atoms with van der Waals surface area (Å²) in [6.45, 7) is 2.35. The second-order valence-corrected chi connectivity index (χ2v) is 4.11. The number of amides is 1. The van der Waals surface area contributed by atoms with Crippen LogP contribution in [-0.2, 0) is 4.79 Å². The Bertz CT molecular complexity index is 514. The van der Waals surface area contributed by atoms with Crippen LogP contribution in [0.25, 0.3) is 10.9 Å². The largest absolute Gasteiger partial charge is 0.361 e. The van der Waals surface area contributed by atoms with E-state index in [0.717, 1.165) is 23.0 Å². The van der Waals surface area contributed by atoms with Gasteiger partial charge in [0, 0.05) is 29.3 Å². The molecule has 0 aliphatic heterocycles. The first-order chi connectivity index (χ1) is 8.24. The van der Waals surface area contributed by atoms with Crippen LogP contribution in [0.15, 0.2) is 30.5 Å². The third kappa shape index (κ3) is 2.47. The Labute approximate surface area is 100 Å². The number of H-pyrrole nitrogens is 1. The van der Waals surface area contributed by atoms with Crippen LogP contribution in [0.1, 0.15) is 13.3 Å². The Balaban J connectivity index is 2.14. The standard InChI is InChI=1S/C13H17N3O/c1-2-9(8-14)13(17)16-11-3-4-12-10(7-11)5-6-15-12/h3-7,9,15H,2,8,14H2,1H3,(H,16,17). The fraction of sp³-hybridized carbons (Fsp3) is 0.308. The number of carbonyl (C=O) groups is 1. The van der Waals surface area contributed by atoms with Gasteiger partial charge in [-0.05, 0) is 30.7 Å². The lowest BCUT2D eigenvalue weighted by molar-refractivity contribution is -0.119. The van der Waals surface area contributed by atoms with E-state index in [1.165, 1.54) is 0 Å². The van der Waals surface area contributed by atoms with Crippen LogP contribution in [0.4, 0.5) is 5.69 Å². The maximum absolute atomic E-state index is 11.9. The van der Waals surface area contributed by atoms with Crippen molar-refractivity contribution in [2.45, 2.75) is 13.3 Å². The van der Waals surface area contributed by atoms with Gasteiger partial charge < -0.3 is 16.0 Å². The molecular weight excluding hydrogens is 214 g/mol. The number of aromatic amines is 1. The molecule has 2 rings (SSSR count). The zero-order chi connectivity index (χ0) is 12.3. The number of rotatable bonds is 4. The monoisotopic (exact) mass is 231 g/mol. The highest BCUT2D eigenvalue weighted by Gasteiger charge is 2.14. The van der Waals surface area contributed by atoms with Gasteiger partial charge in [-0.25, -0.2) is 0 Å². The number of nitrogens with one attached hydrogen (secondary N) is 2. The van der Waals surface area contributed by atoms with Crippen molar-refractivity contribution < 1.29 is 4.79 Å². The molecule has 4 nitrogen and oxygen atoms in total. The quantitative estimate of drug-likeness (QED) is 0.754. The third-order valence-corrected chi connectivity index (χ3v) is 2.97. The molecule has 1 aromatic heterocycles. The molecule has 0 aliphatic carbocycles. The van der Waals surface area contributed by atoms with Crippen molar-refractivity contribution in [3.05, 3.63) is 30.5 Å². The number of aromatic nitrogens is 1. The highest BCUT2D eigenvalue weighted by atomic mass is 16.1. The highest BCUT2D eigenvalue weighted by molar-refractivity contribution is 5.95. The van der Waals surface area contributed by atoms with Crippen molar-refractivity contribution in [3.63, 3.8) is 0 Å². The van der Waals surface area contributed by atoms with Crippen LogP contribution in [0.5, 0.6) is 0 Å². The van der Waals surface area contributed by atoms with Crippen LogP contribution in [-0.4, -0.2) is 17.4 Å². The zero-order valence-corrected chi connectivity index (χ0v) is 9.86. The molecule has 4 heteroatoms. The average Bonchev–Trinajstić information content (AvgIpc) is 2.77. The van der Waals surface area contributed by atoms with E-state index in [4.69, 9.17) is 5.73 Å². The summed E-state index contributed by atoms with van der Waals surface area (Å²) in [6, 6.07) is 7.77. The molecule has 1 atom stereocenters. The summed E-state index contributed by atoms with van der Waals surface area (Å²) in [7, 11) is 0. The molecule has 2 aromatic rings.